The van der Waals surface area contributed by atoms with Crippen LogP contribution in [-0.4, -0.2) is 89.0 Å². The molecule has 0 bridgehead atoms. The molecule has 346 valence electrons. The topological polar surface area (TPSA) is 152 Å². The third-order valence-corrected chi connectivity index (χ3v) is 11.3. The zero-order valence-electron chi connectivity index (χ0n) is 37.8. The molecular formula is C49H90O10. The van der Waals surface area contributed by atoms with Crippen LogP contribution in [0.1, 0.15) is 219 Å². The Morgan fingerprint density at radius 2 is 0.898 bits per heavy atom. The van der Waals surface area contributed by atoms with Gasteiger partial charge in [0.05, 0.1) is 13.2 Å². The molecular weight excluding hydrogens is 749 g/mol. The van der Waals surface area contributed by atoms with E-state index in [2.05, 4.69) is 38.2 Å². The van der Waals surface area contributed by atoms with Gasteiger partial charge in [-0.2, -0.15) is 0 Å². The molecule has 1 rings (SSSR count). The van der Waals surface area contributed by atoms with Gasteiger partial charge in [0.1, 0.15) is 31.0 Å². The number of aliphatic hydroxyl groups excluding tert-OH is 4. The largest absolute Gasteiger partial charge is 0.462 e. The van der Waals surface area contributed by atoms with Crippen LogP contribution in [0.3, 0.4) is 0 Å². The summed E-state index contributed by atoms with van der Waals surface area (Å²) in [6, 6.07) is 0. The number of unbranched alkanes of at least 4 members (excludes halogenated alkanes) is 26. The maximum atomic E-state index is 12.8. The van der Waals surface area contributed by atoms with E-state index in [0.717, 1.165) is 57.8 Å². The fourth-order valence-corrected chi connectivity index (χ4v) is 7.41. The lowest BCUT2D eigenvalue weighted by molar-refractivity contribution is -0.305. The smallest absolute Gasteiger partial charge is 0.306 e. The second-order valence-electron chi connectivity index (χ2n) is 16.9. The summed E-state index contributed by atoms with van der Waals surface area (Å²) in [7, 11) is 0. The number of esters is 2. The first kappa shape index (κ1) is 55.2. The fraction of sp³-hybridized carbons (Fsp3) is 0.878. The van der Waals surface area contributed by atoms with Crippen molar-refractivity contribution in [3.8, 4) is 0 Å². The number of ether oxygens (including phenoxy) is 4. The molecule has 10 nitrogen and oxygen atoms in total. The second-order valence-corrected chi connectivity index (χ2v) is 16.9. The summed E-state index contributed by atoms with van der Waals surface area (Å²) in [5.41, 5.74) is 0. The Hall–Kier alpha value is -1.82. The van der Waals surface area contributed by atoms with Gasteiger partial charge in [-0.1, -0.05) is 167 Å². The third kappa shape index (κ3) is 31.7. The molecule has 6 atom stereocenters. The van der Waals surface area contributed by atoms with Crippen molar-refractivity contribution in [2.24, 2.45) is 0 Å². The first-order valence-electron chi connectivity index (χ1n) is 24.4. The molecule has 0 aliphatic carbocycles. The molecule has 0 spiro atoms. The Morgan fingerprint density at radius 3 is 1.32 bits per heavy atom. The Labute approximate surface area is 360 Å². The average Bonchev–Trinajstić information content (AvgIpc) is 3.23. The molecule has 0 aromatic heterocycles. The van der Waals surface area contributed by atoms with Gasteiger partial charge in [0.2, 0.25) is 0 Å². The maximum Gasteiger partial charge on any atom is 0.306 e. The summed E-state index contributed by atoms with van der Waals surface area (Å²) in [6.45, 7) is 3.43. The molecule has 0 aromatic carbocycles. The highest BCUT2D eigenvalue weighted by Crippen LogP contribution is 2.23. The van der Waals surface area contributed by atoms with Crippen molar-refractivity contribution in [3.63, 3.8) is 0 Å². The van der Waals surface area contributed by atoms with Gasteiger partial charge in [0.15, 0.2) is 12.4 Å². The van der Waals surface area contributed by atoms with Crippen molar-refractivity contribution in [1.82, 2.24) is 0 Å². The molecule has 0 saturated carbocycles. The van der Waals surface area contributed by atoms with E-state index in [0.29, 0.717) is 6.42 Å². The normalized spacial score (nSPS) is 20.1. The third-order valence-electron chi connectivity index (χ3n) is 11.3. The van der Waals surface area contributed by atoms with E-state index in [4.69, 9.17) is 18.9 Å². The molecule has 1 aliphatic rings. The van der Waals surface area contributed by atoms with Crippen molar-refractivity contribution >= 4 is 11.9 Å². The zero-order valence-corrected chi connectivity index (χ0v) is 37.8. The van der Waals surface area contributed by atoms with Gasteiger partial charge in [-0.15, -0.1) is 0 Å². The quantitative estimate of drug-likeness (QED) is 0.0266. The predicted octanol–water partition coefficient (Wildman–Crippen LogP) is 10.9. The summed E-state index contributed by atoms with van der Waals surface area (Å²) in [6.07, 6.45) is 37.5. The van der Waals surface area contributed by atoms with Gasteiger partial charge in [-0.05, 0) is 64.2 Å². The Balaban J connectivity index is 2.29. The summed E-state index contributed by atoms with van der Waals surface area (Å²) >= 11 is 0. The van der Waals surface area contributed by atoms with Crippen LogP contribution >= 0.6 is 0 Å². The Kier molecular flexibility index (Phi) is 37.7. The molecule has 0 radical (unpaired) electrons. The summed E-state index contributed by atoms with van der Waals surface area (Å²) in [5.74, 6) is -0.809. The average molecular weight is 839 g/mol. The Morgan fingerprint density at radius 1 is 0.508 bits per heavy atom. The molecule has 0 aromatic rings. The van der Waals surface area contributed by atoms with Gasteiger partial charge in [-0.25, -0.2) is 0 Å². The van der Waals surface area contributed by atoms with Gasteiger partial charge in [0.25, 0.3) is 0 Å². The lowest BCUT2D eigenvalue weighted by Crippen LogP contribution is -2.59. The SMILES string of the molecule is CCCCCCCC/C=C\CCCCCCCCCC(=O)OCC(COC1OC(CO)C(O)C(O)C1O)OC(=O)CCCCCCCCC/C=C\CCCCCCCC. The van der Waals surface area contributed by atoms with E-state index in [1.165, 1.54) is 128 Å². The summed E-state index contributed by atoms with van der Waals surface area (Å²) < 4.78 is 22.2. The van der Waals surface area contributed by atoms with Crippen molar-refractivity contribution in [2.75, 3.05) is 19.8 Å². The first-order valence-corrected chi connectivity index (χ1v) is 24.4. The number of rotatable bonds is 41. The number of hydrogen-bond acceptors (Lipinski definition) is 10. The zero-order chi connectivity index (χ0) is 43.0. The standard InChI is InChI=1S/C49H90O10/c1-3-5-7-9-11-13-15-17-19-21-23-25-27-29-31-33-35-37-44(51)56-40-42(41-57-49-48(55)47(54)46(53)43(39-50)59-49)58-45(52)38-36-34-32-30-28-26-24-22-20-18-16-14-12-10-8-6-4-2/h17-20,42-43,46-50,53-55H,3-16,21-41H2,1-2H3/b19-17-,20-18-. The van der Waals surface area contributed by atoms with Gasteiger partial charge < -0.3 is 39.4 Å². The van der Waals surface area contributed by atoms with Crippen LogP contribution in [0.15, 0.2) is 24.3 Å². The molecule has 4 N–H and O–H groups in total. The molecule has 1 heterocycles. The molecule has 10 heteroatoms. The highest BCUT2D eigenvalue weighted by Gasteiger charge is 2.44. The number of aliphatic hydroxyl groups is 4. The van der Waals surface area contributed by atoms with Crippen molar-refractivity contribution in [2.45, 2.75) is 256 Å². The lowest BCUT2D eigenvalue weighted by Gasteiger charge is -2.39. The van der Waals surface area contributed by atoms with Crippen LogP contribution in [0.5, 0.6) is 0 Å². The van der Waals surface area contributed by atoms with E-state index in [1.807, 2.05) is 0 Å². The van der Waals surface area contributed by atoms with Gasteiger partial charge in [-0.3, -0.25) is 9.59 Å². The van der Waals surface area contributed by atoms with Crippen LogP contribution < -0.4 is 0 Å². The lowest BCUT2D eigenvalue weighted by atomic mass is 9.99. The number of carbonyl (C=O) groups excluding carboxylic acids is 2. The highest BCUT2D eigenvalue weighted by molar-refractivity contribution is 5.70. The number of carbonyl (C=O) groups is 2. The monoisotopic (exact) mass is 839 g/mol. The first-order chi connectivity index (χ1) is 28.8. The van der Waals surface area contributed by atoms with Crippen LogP contribution in [0.4, 0.5) is 0 Å². The highest BCUT2D eigenvalue weighted by atomic mass is 16.7. The second kappa shape index (κ2) is 40.3. The minimum Gasteiger partial charge on any atom is -0.462 e. The van der Waals surface area contributed by atoms with Crippen LogP contribution in [-0.2, 0) is 28.5 Å². The fourth-order valence-electron chi connectivity index (χ4n) is 7.41. The van der Waals surface area contributed by atoms with Gasteiger partial charge in [0, 0.05) is 12.8 Å². The van der Waals surface area contributed by atoms with Crippen LogP contribution in [0, 0.1) is 0 Å². The van der Waals surface area contributed by atoms with Crippen LogP contribution in [0.25, 0.3) is 0 Å². The van der Waals surface area contributed by atoms with Gasteiger partial charge >= 0.3 is 11.9 Å². The van der Waals surface area contributed by atoms with Crippen molar-refractivity contribution in [3.05, 3.63) is 24.3 Å². The van der Waals surface area contributed by atoms with Crippen molar-refractivity contribution in [1.29, 1.82) is 0 Å². The predicted molar refractivity (Wildman–Crippen MR) is 238 cm³/mol. The Bertz CT molecular complexity index is 1020. The minimum atomic E-state index is -1.59. The van der Waals surface area contributed by atoms with E-state index < -0.39 is 49.4 Å². The maximum absolute atomic E-state index is 12.8. The molecule has 1 fully saturated rings. The number of allylic oxidation sites excluding steroid dienone is 4. The minimum absolute atomic E-state index is 0.219. The molecule has 1 saturated heterocycles. The molecule has 59 heavy (non-hydrogen) atoms. The summed E-state index contributed by atoms with van der Waals surface area (Å²) in [5, 5.41) is 40.1. The number of hydrogen-bond donors (Lipinski definition) is 4. The summed E-state index contributed by atoms with van der Waals surface area (Å²) in [4.78, 5) is 25.4. The molecule has 6 unspecified atom stereocenters. The molecule has 1 aliphatic heterocycles. The van der Waals surface area contributed by atoms with E-state index in [9.17, 15) is 30.0 Å². The molecule has 0 amide bonds. The van der Waals surface area contributed by atoms with E-state index in [-0.39, 0.29) is 32.0 Å². The van der Waals surface area contributed by atoms with Crippen molar-refractivity contribution < 1.29 is 49.0 Å². The van der Waals surface area contributed by atoms with Crippen LogP contribution in [0.2, 0.25) is 0 Å². The van der Waals surface area contributed by atoms with E-state index in [1.54, 1.807) is 0 Å². The van der Waals surface area contributed by atoms with E-state index >= 15 is 0 Å².